The van der Waals surface area contributed by atoms with Gasteiger partial charge in [-0.2, -0.15) is 0 Å². The molecule has 1 rings (SSSR count). The van der Waals surface area contributed by atoms with Gasteiger partial charge in [0.15, 0.2) is 0 Å². The van der Waals surface area contributed by atoms with E-state index in [0.717, 1.165) is 11.3 Å². The van der Waals surface area contributed by atoms with E-state index in [1.54, 1.807) is 7.11 Å². The minimum Gasteiger partial charge on any atom is -0.497 e. The first-order valence-corrected chi connectivity index (χ1v) is 5.33. The van der Waals surface area contributed by atoms with Crippen molar-refractivity contribution < 1.29 is 9.53 Å². The maximum atomic E-state index is 11.3. The largest absolute Gasteiger partial charge is 0.497 e. The van der Waals surface area contributed by atoms with Crippen LogP contribution in [-0.4, -0.2) is 19.6 Å². The maximum absolute atomic E-state index is 11.3. The molecule has 0 radical (unpaired) electrons. The molecule has 0 aliphatic carbocycles. The van der Waals surface area contributed by atoms with Crippen LogP contribution in [0.5, 0.6) is 5.75 Å². The third-order valence-electron chi connectivity index (χ3n) is 2.32. The molecule has 1 aromatic rings. The maximum Gasteiger partial charge on any atom is 0.221 e. The van der Waals surface area contributed by atoms with Crippen LogP contribution in [0.2, 0.25) is 0 Å². The SMILES string of the molecule is CCNC(=O)CC(N)c1ccc(OC)cc1. The summed E-state index contributed by atoms with van der Waals surface area (Å²) < 4.78 is 5.05. The van der Waals surface area contributed by atoms with Gasteiger partial charge in [0.2, 0.25) is 5.91 Å². The first kappa shape index (κ1) is 12.5. The van der Waals surface area contributed by atoms with Gasteiger partial charge in [0.25, 0.3) is 0 Å². The zero-order chi connectivity index (χ0) is 12.0. The summed E-state index contributed by atoms with van der Waals surface area (Å²) in [7, 11) is 1.61. The van der Waals surface area contributed by atoms with Gasteiger partial charge in [0.05, 0.1) is 7.11 Å². The van der Waals surface area contributed by atoms with Crippen molar-refractivity contribution in [2.45, 2.75) is 19.4 Å². The predicted molar refractivity (Wildman–Crippen MR) is 63.2 cm³/mol. The number of ether oxygens (including phenoxy) is 1. The van der Waals surface area contributed by atoms with Gasteiger partial charge < -0.3 is 15.8 Å². The number of nitrogens with two attached hydrogens (primary N) is 1. The van der Waals surface area contributed by atoms with Crippen LogP contribution in [0.3, 0.4) is 0 Å². The second kappa shape index (κ2) is 6.12. The third kappa shape index (κ3) is 3.55. The van der Waals surface area contributed by atoms with E-state index < -0.39 is 0 Å². The van der Waals surface area contributed by atoms with E-state index in [1.165, 1.54) is 0 Å². The highest BCUT2D eigenvalue weighted by atomic mass is 16.5. The molecule has 0 aromatic heterocycles. The summed E-state index contributed by atoms with van der Waals surface area (Å²) in [6.07, 6.45) is 0.306. The Balaban J connectivity index is 2.58. The Hall–Kier alpha value is -1.55. The summed E-state index contributed by atoms with van der Waals surface area (Å²) in [4.78, 5) is 11.3. The second-order valence-electron chi connectivity index (χ2n) is 3.54. The molecule has 0 fully saturated rings. The number of carbonyl (C=O) groups is 1. The minimum absolute atomic E-state index is 0.0224. The van der Waals surface area contributed by atoms with Gasteiger partial charge in [-0.3, -0.25) is 4.79 Å². The molecule has 1 unspecified atom stereocenters. The zero-order valence-electron chi connectivity index (χ0n) is 9.69. The Morgan fingerprint density at radius 2 is 2.06 bits per heavy atom. The second-order valence-corrected chi connectivity index (χ2v) is 3.54. The minimum atomic E-state index is -0.266. The highest BCUT2D eigenvalue weighted by Crippen LogP contribution is 2.17. The van der Waals surface area contributed by atoms with Crippen LogP contribution in [-0.2, 0) is 4.79 Å². The van der Waals surface area contributed by atoms with Crippen molar-refractivity contribution >= 4 is 5.91 Å². The van der Waals surface area contributed by atoms with E-state index >= 15 is 0 Å². The highest BCUT2D eigenvalue weighted by molar-refractivity contribution is 5.76. The molecule has 88 valence electrons. The van der Waals surface area contributed by atoms with Crippen LogP contribution < -0.4 is 15.8 Å². The molecule has 0 heterocycles. The van der Waals surface area contributed by atoms with Crippen molar-refractivity contribution in [1.82, 2.24) is 5.32 Å². The normalized spacial score (nSPS) is 11.9. The van der Waals surface area contributed by atoms with Gasteiger partial charge >= 0.3 is 0 Å². The van der Waals surface area contributed by atoms with Crippen LogP contribution in [0.15, 0.2) is 24.3 Å². The van der Waals surface area contributed by atoms with Gasteiger partial charge in [-0.15, -0.1) is 0 Å². The molecule has 16 heavy (non-hydrogen) atoms. The first-order valence-electron chi connectivity index (χ1n) is 5.33. The number of amides is 1. The molecular formula is C12H18N2O2. The van der Waals surface area contributed by atoms with E-state index in [2.05, 4.69) is 5.32 Å². The summed E-state index contributed by atoms with van der Waals surface area (Å²) in [5, 5.41) is 2.73. The molecule has 4 nitrogen and oxygen atoms in total. The number of benzene rings is 1. The highest BCUT2D eigenvalue weighted by Gasteiger charge is 2.10. The fourth-order valence-electron chi connectivity index (χ4n) is 1.44. The molecule has 1 atom stereocenters. The van der Waals surface area contributed by atoms with Crippen LogP contribution in [0, 0.1) is 0 Å². The van der Waals surface area contributed by atoms with Crippen molar-refractivity contribution in [2.75, 3.05) is 13.7 Å². The monoisotopic (exact) mass is 222 g/mol. The van der Waals surface area contributed by atoms with Crippen LogP contribution in [0.1, 0.15) is 24.9 Å². The van der Waals surface area contributed by atoms with Crippen LogP contribution in [0.25, 0.3) is 0 Å². The predicted octanol–water partition coefficient (Wildman–Crippen LogP) is 1.22. The fraction of sp³-hybridized carbons (Fsp3) is 0.417. The quantitative estimate of drug-likeness (QED) is 0.787. The number of rotatable bonds is 5. The summed E-state index contributed by atoms with van der Waals surface area (Å²) in [5.74, 6) is 0.764. The topological polar surface area (TPSA) is 64.4 Å². The molecule has 1 amide bonds. The lowest BCUT2D eigenvalue weighted by atomic mass is 10.0. The Kier molecular flexibility index (Phi) is 4.79. The smallest absolute Gasteiger partial charge is 0.221 e. The Bertz CT molecular complexity index is 335. The van der Waals surface area contributed by atoms with Gasteiger partial charge in [-0.25, -0.2) is 0 Å². The molecule has 0 saturated heterocycles. The standard InChI is InChI=1S/C12H18N2O2/c1-3-14-12(15)8-11(13)9-4-6-10(16-2)7-5-9/h4-7,11H,3,8,13H2,1-2H3,(H,14,15). The molecule has 0 spiro atoms. The summed E-state index contributed by atoms with van der Waals surface area (Å²) in [5.41, 5.74) is 6.85. The lowest BCUT2D eigenvalue weighted by Crippen LogP contribution is -2.27. The zero-order valence-corrected chi connectivity index (χ0v) is 9.69. The van der Waals surface area contributed by atoms with Gasteiger partial charge in [0, 0.05) is 19.0 Å². The summed E-state index contributed by atoms with van der Waals surface area (Å²) in [6, 6.07) is 7.17. The molecule has 3 N–H and O–H groups in total. The average molecular weight is 222 g/mol. The lowest BCUT2D eigenvalue weighted by molar-refractivity contribution is -0.121. The van der Waals surface area contributed by atoms with Gasteiger partial charge in [-0.05, 0) is 24.6 Å². The first-order chi connectivity index (χ1) is 7.67. The number of nitrogens with one attached hydrogen (secondary N) is 1. The van der Waals surface area contributed by atoms with E-state index in [9.17, 15) is 4.79 Å². The number of carbonyl (C=O) groups excluding carboxylic acids is 1. The van der Waals surface area contributed by atoms with Crippen molar-refractivity contribution in [3.8, 4) is 5.75 Å². The van der Waals surface area contributed by atoms with Crippen molar-refractivity contribution in [3.63, 3.8) is 0 Å². The van der Waals surface area contributed by atoms with E-state index in [-0.39, 0.29) is 11.9 Å². The third-order valence-corrected chi connectivity index (χ3v) is 2.32. The summed E-state index contributed by atoms with van der Waals surface area (Å²) in [6.45, 7) is 2.52. The molecule has 0 saturated carbocycles. The Morgan fingerprint density at radius 1 is 1.44 bits per heavy atom. The van der Waals surface area contributed by atoms with Crippen LogP contribution >= 0.6 is 0 Å². The van der Waals surface area contributed by atoms with Gasteiger partial charge in [0.1, 0.15) is 5.75 Å². The molecule has 4 heteroatoms. The molecular weight excluding hydrogens is 204 g/mol. The number of methoxy groups -OCH3 is 1. The Labute approximate surface area is 95.8 Å². The van der Waals surface area contributed by atoms with E-state index in [0.29, 0.717) is 13.0 Å². The van der Waals surface area contributed by atoms with Crippen molar-refractivity contribution in [1.29, 1.82) is 0 Å². The van der Waals surface area contributed by atoms with Crippen molar-refractivity contribution in [2.24, 2.45) is 5.73 Å². The molecule has 0 aliphatic rings. The van der Waals surface area contributed by atoms with E-state index in [1.807, 2.05) is 31.2 Å². The number of hydrogen-bond acceptors (Lipinski definition) is 3. The fourth-order valence-corrected chi connectivity index (χ4v) is 1.44. The molecule has 0 aliphatic heterocycles. The average Bonchev–Trinajstić information content (AvgIpc) is 2.29. The van der Waals surface area contributed by atoms with Gasteiger partial charge in [-0.1, -0.05) is 12.1 Å². The Morgan fingerprint density at radius 3 is 2.56 bits per heavy atom. The summed E-state index contributed by atoms with van der Waals surface area (Å²) >= 11 is 0. The lowest BCUT2D eigenvalue weighted by Gasteiger charge is -2.12. The van der Waals surface area contributed by atoms with Crippen molar-refractivity contribution in [3.05, 3.63) is 29.8 Å². The van der Waals surface area contributed by atoms with Crippen LogP contribution in [0.4, 0.5) is 0 Å². The molecule has 1 aromatic carbocycles. The number of hydrogen-bond donors (Lipinski definition) is 2. The van der Waals surface area contributed by atoms with E-state index in [4.69, 9.17) is 10.5 Å². The molecule has 0 bridgehead atoms.